The normalized spacial score (nSPS) is 10.8. The molecular formula is C27H20BrNO4. The Morgan fingerprint density at radius 3 is 2.27 bits per heavy atom. The van der Waals surface area contributed by atoms with Crippen molar-refractivity contribution < 1.29 is 19.4 Å². The zero-order chi connectivity index (χ0) is 23.0. The molecule has 1 N–H and O–H groups in total. The van der Waals surface area contributed by atoms with Crippen molar-refractivity contribution in [1.82, 2.24) is 0 Å². The van der Waals surface area contributed by atoms with Crippen LogP contribution in [0.25, 0.3) is 0 Å². The molecule has 4 aromatic carbocycles. The summed E-state index contributed by atoms with van der Waals surface area (Å²) in [5, 5.41) is 9.02. The van der Waals surface area contributed by atoms with E-state index in [0.29, 0.717) is 12.4 Å². The highest BCUT2D eigenvalue weighted by molar-refractivity contribution is 9.10. The number of hydrogen-bond acceptors (Lipinski definition) is 4. The van der Waals surface area contributed by atoms with Crippen LogP contribution >= 0.6 is 15.9 Å². The molecule has 0 aliphatic heterocycles. The monoisotopic (exact) mass is 501 g/mol. The van der Waals surface area contributed by atoms with Gasteiger partial charge in [-0.05, 0) is 72.3 Å². The van der Waals surface area contributed by atoms with Crippen LogP contribution < -0.4 is 9.47 Å². The maximum absolute atomic E-state index is 11.0. The Hall–Kier alpha value is -3.90. The minimum absolute atomic E-state index is 0.246. The van der Waals surface area contributed by atoms with E-state index in [1.54, 1.807) is 30.5 Å². The Balaban J connectivity index is 1.44. The first-order valence-corrected chi connectivity index (χ1v) is 11.0. The van der Waals surface area contributed by atoms with Crippen LogP contribution in [-0.4, -0.2) is 17.3 Å². The van der Waals surface area contributed by atoms with Gasteiger partial charge in [0, 0.05) is 16.3 Å². The van der Waals surface area contributed by atoms with Gasteiger partial charge in [-0.3, -0.25) is 4.99 Å². The quantitative estimate of drug-likeness (QED) is 0.257. The van der Waals surface area contributed by atoms with Gasteiger partial charge in [0.2, 0.25) is 0 Å². The third kappa shape index (κ3) is 6.30. The van der Waals surface area contributed by atoms with E-state index in [1.165, 1.54) is 0 Å². The summed E-state index contributed by atoms with van der Waals surface area (Å²) in [6.07, 6.45) is 1.75. The molecule has 0 fully saturated rings. The second-order valence-electron chi connectivity index (χ2n) is 7.14. The molecule has 4 rings (SSSR count). The van der Waals surface area contributed by atoms with Crippen LogP contribution in [0.2, 0.25) is 0 Å². The van der Waals surface area contributed by atoms with Crippen LogP contribution in [0, 0.1) is 0 Å². The van der Waals surface area contributed by atoms with Crippen molar-refractivity contribution >= 4 is 33.8 Å². The molecule has 0 spiro atoms. The number of aliphatic imine (C=N–C) groups is 1. The van der Waals surface area contributed by atoms with Crippen molar-refractivity contribution in [2.45, 2.75) is 6.61 Å². The molecule has 0 radical (unpaired) electrons. The SMILES string of the molecule is O=C(O)c1ccc(COc2ccc(Br)cc2C=Nc2ccc(Oc3ccccc3)cc2)cc1. The van der Waals surface area contributed by atoms with Crippen LogP contribution in [0.1, 0.15) is 21.5 Å². The smallest absolute Gasteiger partial charge is 0.335 e. The molecule has 0 saturated heterocycles. The maximum Gasteiger partial charge on any atom is 0.335 e. The van der Waals surface area contributed by atoms with Gasteiger partial charge < -0.3 is 14.6 Å². The summed E-state index contributed by atoms with van der Waals surface area (Å²) < 4.78 is 12.7. The molecule has 0 amide bonds. The van der Waals surface area contributed by atoms with Crippen molar-refractivity contribution in [2.24, 2.45) is 4.99 Å². The molecule has 0 aromatic heterocycles. The Kier molecular flexibility index (Phi) is 7.17. The summed E-state index contributed by atoms with van der Waals surface area (Å²) >= 11 is 3.49. The van der Waals surface area contributed by atoms with E-state index in [0.717, 1.165) is 32.8 Å². The summed E-state index contributed by atoms with van der Waals surface area (Å²) in [5.74, 6) is 1.24. The van der Waals surface area contributed by atoms with Gasteiger partial charge >= 0.3 is 5.97 Å². The number of aromatic carboxylic acids is 1. The minimum atomic E-state index is -0.950. The number of carbonyl (C=O) groups is 1. The Morgan fingerprint density at radius 1 is 0.879 bits per heavy atom. The van der Waals surface area contributed by atoms with Gasteiger partial charge in [-0.15, -0.1) is 0 Å². The highest BCUT2D eigenvalue weighted by Crippen LogP contribution is 2.26. The van der Waals surface area contributed by atoms with E-state index in [-0.39, 0.29) is 5.56 Å². The zero-order valence-corrected chi connectivity index (χ0v) is 19.1. The largest absolute Gasteiger partial charge is 0.488 e. The number of ether oxygens (including phenoxy) is 2. The molecule has 0 bridgehead atoms. The van der Waals surface area contributed by atoms with Crippen molar-refractivity contribution in [3.05, 3.63) is 118 Å². The molecule has 0 aliphatic rings. The lowest BCUT2D eigenvalue weighted by molar-refractivity contribution is 0.0697. The first kappa shape index (κ1) is 22.3. The predicted molar refractivity (Wildman–Crippen MR) is 132 cm³/mol. The zero-order valence-electron chi connectivity index (χ0n) is 17.5. The maximum atomic E-state index is 11.0. The van der Waals surface area contributed by atoms with E-state index in [2.05, 4.69) is 20.9 Å². The van der Waals surface area contributed by atoms with Gasteiger partial charge in [-0.1, -0.05) is 46.3 Å². The van der Waals surface area contributed by atoms with Gasteiger partial charge in [-0.2, -0.15) is 0 Å². The molecule has 0 saturated carbocycles. The second kappa shape index (κ2) is 10.6. The Labute approximate surface area is 200 Å². The number of para-hydroxylation sites is 1. The fraction of sp³-hybridized carbons (Fsp3) is 0.0370. The van der Waals surface area contributed by atoms with Crippen LogP contribution in [0.4, 0.5) is 5.69 Å². The number of rotatable bonds is 8. The van der Waals surface area contributed by atoms with Crippen molar-refractivity contribution in [3.8, 4) is 17.2 Å². The average Bonchev–Trinajstić information content (AvgIpc) is 2.84. The number of carboxylic acids is 1. The van der Waals surface area contributed by atoms with Crippen molar-refractivity contribution in [2.75, 3.05) is 0 Å². The highest BCUT2D eigenvalue weighted by atomic mass is 79.9. The van der Waals surface area contributed by atoms with E-state index in [4.69, 9.17) is 14.6 Å². The lowest BCUT2D eigenvalue weighted by atomic mass is 10.1. The lowest BCUT2D eigenvalue weighted by Gasteiger charge is -2.10. The van der Waals surface area contributed by atoms with E-state index < -0.39 is 5.97 Å². The molecule has 0 aliphatic carbocycles. The van der Waals surface area contributed by atoms with Gasteiger partial charge in [0.25, 0.3) is 0 Å². The molecule has 33 heavy (non-hydrogen) atoms. The van der Waals surface area contributed by atoms with Crippen molar-refractivity contribution in [1.29, 1.82) is 0 Å². The molecule has 0 unspecified atom stereocenters. The van der Waals surface area contributed by atoms with Crippen LogP contribution in [0.15, 0.2) is 107 Å². The number of nitrogens with zero attached hydrogens (tertiary/aromatic N) is 1. The number of carboxylic acid groups (broad SMARTS) is 1. The summed E-state index contributed by atoms with van der Waals surface area (Å²) in [5.41, 5.74) is 2.72. The van der Waals surface area contributed by atoms with Crippen molar-refractivity contribution in [3.63, 3.8) is 0 Å². The minimum Gasteiger partial charge on any atom is -0.488 e. The van der Waals surface area contributed by atoms with Crippen LogP contribution in [-0.2, 0) is 6.61 Å². The average molecular weight is 502 g/mol. The fourth-order valence-corrected chi connectivity index (χ4v) is 3.40. The molecule has 4 aromatic rings. The second-order valence-corrected chi connectivity index (χ2v) is 8.06. The van der Waals surface area contributed by atoms with Gasteiger partial charge in [0.15, 0.2) is 0 Å². The lowest BCUT2D eigenvalue weighted by Crippen LogP contribution is -2.00. The van der Waals surface area contributed by atoms with E-state index in [1.807, 2.05) is 72.8 Å². The van der Waals surface area contributed by atoms with E-state index in [9.17, 15) is 4.79 Å². The Morgan fingerprint density at radius 2 is 1.58 bits per heavy atom. The standard InChI is InChI=1S/C27H20BrNO4/c28-22-10-15-26(32-18-19-6-8-20(9-7-19)27(30)31)21(16-22)17-29-23-11-13-25(14-12-23)33-24-4-2-1-3-5-24/h1-17H,18H2,(H,30,31). The third-order valence-corrected chi connectivity index (χ3v) is 5.23. The molecule has 6 heteroatoms. The summed E-state index contributed by atoms with van der Waals surface area (Å²) in [6.45, 7) is 0.313. The summed E-state index contributed by atoms with van der Waals surface area (Å²) in [4.78, 5) is 15.6. The topological polar surface area (TPSA) is 68.1 Å². The third-order valence-electron chi connectivity index (χ3n) is 4.74. The molecular weight excluding hydrogens is 482 g/mol. The summed E-state index contributed by atoms with van der Waals surface area (Å²) in [6, 6.07) is 29.4. The summed E-state index contributed by atoms with van der Waals surface area (Å²) in [7, 11) is 0. The van der Waals surface area contributed by atoms with Crippen LogP contribution in [0.5, 0.6) is 17.2 Å². The molecule has 0 atom stereocenters. The number of benzene rings is 4. The van der Waals surface area contributed by atoms with E-state index >= 15 is 0 Å². The fourth-order valence-electron chi connectivity index (χ4n) is 3.03. The first-order chi connectivity index (χ1) is 16.1. The molecule has 5 nitrogen and oxygen atoms in total. The molecule has 0 heterocycles. The Bertz CT molecular complexity index is 1250. The number of hydrogen-bond donors (Lipinski definition) is 1. The first-order valence-electron chi connectivity index (χ1n) is 10.2. The van der Waals surface area contributed by atoms with Gasteiger partial charge in [-0.25, -0.2) is 4.79 Å². The molecule has 164 valence electrons. The van der Waals surface area contributed by atoms with Gasteiger partial charge in [0.05, 0.1) is 11.3 Å². The number of halogens is 1. The van der Waals surface area contributed by atoms with Crippen LogP contribution in [0.3, 0.4) is 0 Å². The van der Waals surface area contributed by atoms with Gasteiger partial charge in [0.1, 0.15) is 23.9 Å². The predicted octanol–water partition coefficient (Wildman–Crippen LogP) is 7.27. The highest BCUT2D eigenvalue weighted by Gasteiger charge is 2.06.